The van der Waals surface area contributed by atoms with Crippen molar-refractivity contribution in [3.8, 4) is 5.75 Å². The highest BCUT2D eigenvalue weighted by Gasteiger charge is 2.20. The van der Waals surface area contributed by atoms with Gasteiger partial charge in [0.1, 0.15) is 11.2 Å². The Morgan fingerprint density at radius 1 is 1.09 bits per heavy atom. The molecule has 0 saturated heterocycles. The lowest BCUT2D eigenvalue weighted by Crippen LogP contribution is -2.37. The van der Waals surface area contributed by atoms with Gasteiger partial charge in [-0.2, -0.15) is 0 Å². The third-order valence-electron chi connectivity index (χ3n) is 6.59. The second-order valence-corrected chi connectivity index (χ2v) is 11.1. The maximum absolute atomic E-state index is 12.9. The van der Waals surface area contributed by atoms with E-state index in [0.717, 1.165) is 10.3 Å². The van der Waals surface area contributed by atoms with E-state index in [9.17, 15) is 14.4 Å². The van der Waals surface area contributed by atoms with Crippen LogP contribution in [0.2, 0.25) is 10.0 Å². The molecular weight excluding hydrogens is 709 g/mol. The third-order valence-corrected chi connectivity index (χ3v) is 8.33. The van der Waals surface area contributed by atoms with Crippen molar-refractivity contribution in [2.45, 2.75) is 13.5 Å². The lowest BCUT2D eigenvalue weighted by molar-refractivity contribution is -0.122. The topological polar surface area (TPSA) is 114 Å². The average Bonchev–Trinajstić information content (AvgIpc) is 3.32. The van der Waals surface area contributed by atoms with Crippen molar-refractivity contribution >= 4 is 86.7 Å². The fourth-order valence-corrected chi connectivity index (χ4v) is 5.11. The fraction of sp³-hybridized carbons (Fsp3) is 0.226. The van der Waals surface area contributed by atoms with Crippen molar-refractivity contribution < 1.29 is 23.9 Å². The van der Waals surface area contributed by atoms with E-state index in [1.54, 1.807) is 62.7 Å². The van der Waals surface area contributed by atoms with E-state index in [4.69, 9.17) is 32.7 Å². The van der Waals surface area contributed by atoms with E-state index in [1.807, 2.05) is 23.6 Å². The van der Waals surface area contributed by atoms with Gasteiger partial charge in [0, 0.05) is 49.1 Å². The van der Waals surface area contributed by atoms with Crippen molar-refractivity contribution in [3.05, 3.63) is 97.8 Å². The standard InChI is InChI=1S/C31H30BrCl2N5O5.ClH/c1-19-29(32)39-15-4-5-25(30(39)37-19)44-18-22-23(33)11-12-24(28(22)34)38(2)27(41)17-36-26(40)13-8-20-6-9-21(10-7-20)31(42)35-14-16-43-3;/h4-13,15H,14,16-18H2,1-3H3,(H,35,42)(H,36,40);1H. The lowest BCUT2D eigenvalue weighted by Gasteiger charge is -2.21. The number of imidazole rings is 1. The number of nitrogens with one attached hydrogen (secondary N) is 2. The van der Waals surface area contributed by atoms with E-state index in [0.29, 0.717) is 51.9 Å². The summed E-state index contributed by atoms with van der Waals surface area (Å²) in [6, 6.07) is 13.7. The summed E-state index contributed by atoms with van der Waals surface area (Å²) >= 11 is 16.7. The van der Waals surface area contributed by atoms with E-state index in [1.165, 1.54) is 11.0 Å². The second kappa shape index (κ2) is 16.6. The molecule has 10 nitrogen and oxygen atoms in total. The van der Waals surface area contributed by atoms with Gasteiger partial charge in [0.05, 0.1) is 29.6 Å². The molecule has 3 amide bonds. The van der Waals surface area contributed by atoms with Crippen LogP contribution < -0.4 is 20.3 Å². The maximum Gasteiger partial charge on any atom is 0.251 e. The summed E-state index contributed by atoms with van der Waals surface area (Å²) in [7, 11) is 3.12. The number of carbonyl (C=O) groups excluding carboxylic acids is 3. The van der Waals surface area contributed by atoms with Crippen molar-refractivity contribution in [1.82, 2.24) is 20.0 Å². The van der Waals surface area contributed by atoms with Gasteiger partial charge in [-0.25, -0.2) is 4.98 Å². The number of hydrogen-bond acceptors (Lipinski definition) is 6. The Labute approximate surface area is 285 Å². The number of ether oxygens (including phenoxy) is 2. The molecule has 0 unspecified atom stereocenters. The SMILES string of the molecule is COCCNC(=O)c1ccc(C=CC(=O)NCC(=O)N(C)c2ccc(Cl)c(COc3cccn4c(Br)c(C)nc34)c2Cl)cc1.Cl. The van der Waals surface area contributed by atoms with Gasteiger partial charge in [-0.1, -0.05) is 35.3 Å². The predicted molar refractivity (Wildman–Crippen MR) is 182 cm³/mol. The highest BCUT2D eigenvalue weighted by molar-refractivity contribution is 9.10. The number of likely N-dealkylation sites (N-methyl/N-ethyl adjacent to an activating group) is 1. The Morgan fingerprint density at radius 2 is 1.82 bits per heavy atom. The number of halogens is 4. The van der Waals surface area contributed by atoms with Gasteiger partial charge < -0.3 is 25.0 Å². The average molecular weight is 740 g/mol. The summed E-state index contributed by atoms with van der Waals surface area (Å²) in [5, 5.41) is 5.95. The van der Waals surface area contributed by atoms with Crippen LogP contribution in [0.5, 0.6) is 5.75 Å². The Balaban J connectivity index is 0.00000552. The summed E-state index contributed by atoms with van der Waals surface area (Å²) in [6.45, 7) is 2.50. The van der Waals surface area contributed by atoms with Crippen molar-refractivity contribution in [3.63, 3.8) is 0 Å². The molecule has 2 heterocycles. The minimum Gasteiger partial charge on any atom is -0.485 e. The molecule has 2 N–H and O–H groups in total. The van der Waals surface area contributed by atoms with Crippen molar-refractivity contribution in [2.24, 2.45) is 0 Å². The Hall–Kier alpha value is -3.61. The van der Waals surface area contributed by atoms with Gasteiger partial charge >= 0.3 is 0 Å². The van der Waals surface area contributed by atoms with E-state index >= 15 is 0 Å². The number of carbonyl (C=O) groups is 3. The molecule has 0 aliphatic rings. The molecule has 45 heavy (non-hydrogen) atoms. The first-order valence-corrected chi connectivity index (χ1v) is 15.0. The quantitative estimate of drug-likeness (QED) is 0.139. The number of benzene rings is 2. The number of methoxy groups -OCH3 is 1. The maximum atomic E-state index is 12.9. The second-order valence-electron chi connectivity index (χ2n) is 9.58. The molecule has 0 saturated carbocycles. The molecule has 4 aromatic rings. The van der Waals surface area contributed by atoms with Gasteiger partial charge in [0.15, 0.2) is 11.4 Å². The number of amides is 3. The number of rotatable bonds is 12. The van der Waals surface area contributed by atoms with Crippen LogP contribution >= 0.6 is 51.5 Å². The number of aromatic nitrogens is 2. The summed E-state index contributed by atoms with van der Waals surface area (Å²) < 4.78 is 13.7. The first kappa shape index (κ1) is 35.9. The molecule has 238 valence electrons. The fourth-order valence-electron chi connectivity index (χ4n) is 4.13. The zero-order valence-corrected chi connectivity index (χ0v) is 28.5. The normalized spacial score (nSPS) is 10.9. The molecule has 0 bridgehead atoms. The smallest absolute Gasteiger partial charge is 0.251 e. The Bertz CT molecular complexity index is 1710. The molecule has 0 atom stereocenters. The highest BCUT2D eigenvalue weighted by Crippen LogP contribution is 2.35. The van der Waals surface area contributed by atoms with Crippen LogP contribution in [0.3, 0.4) is 0 Å². The van der Waals surface area contributed by atoms with E-state index in [-0.39, 0.29) is 36.5 Å². The Kier molecular flexibility index (Phi) is 13.3. The minimum atomic E-state index is -0.459. The monoisotopic (exact) mass is 737 g/mol. The number of fused-ring (bicyclic) bond motifs is 1. The van der Waals surface area contributed by atoms with Crippen LogP contribution in [0.15, 0.2) is 65.4 Å². The molecule has 14 heteroatoms. The number of hydrogen-bond donors (Lipinski definition) is 2. The lowest BCUT2D eigenvalue weighted by atomic mass is 10.1. The summed E-state index contributed by atoms with van der Waals surface area (Å²) in [5.74, 6) is -0.527. The Morgan fingerprint density at radius 3 is 2.53 bits per heavy atom. The molecule has 0 fully saturated rings. The van der Waals surface area contributed by atoms with E-state index in [2.05, 4.69) is 31.5 Å². The first-order chi connectivity index (χ1) is 21.1. The highest BCUT2D eigenvalue weighted by atomic mass is 79.9. The van der Waals surface area contributed by atoms with Crippen molar-refractivity contribution in [1.29, 1.82) is 0 Å². The van der Waals surface area contributed by atoms with Crippen LogP contribution in [0.4, 0.5) is 5.69 Å². The van der Waals surface area contributed by atoms with Crippen LogP contribution in [0, 0.1) is 6.92 Å². The molecule has 2 aromatic heterocycles. The molecular formula is C31H31BrCl3N5O5. The molecule has 0 aliphatic carbocycles. The number of nitrogens with zero attached hydrogens (tertiary/aromatic N) is 3. The zero-order chi connectivity index (χ0) is 31.8. The summed E-state index contributed by atoms with van der Waals surface area (Å²) in [4.78, 5) is 43.3. The van der Waals surface area contributed by atoms with Gasteiger partial charge in [0.2, 0.25) is 11.8 Å². The first-order valence-electron chi connectivity index (χ1n) is 13.4. The van der Waals surface area contributed by atoms with Crippen LogP contribution in [-0.4, -0.2) is 61.0 Å². The largest absolute Gasteiger partial charge is 0.485 e. The van der Waals surface area contributed by atoms with Gasteiger partial charge in [-0.05, 0) is 70.9 Å². The van der Waals surface area contributed by atoms with Crippen LogP contribution in [0.1, 0.15) is 27.2 Å². The molecule has 0 radical (unpaired) electrons. The summed E-state index contributed by atoms with van der Waals surface area (Å²) in [5.41, 5.74) is 3.57. The van der Waals surface area contributed by atoms with Crippen molar-refractivity contribution in [2.75, 3.05) is 38.8 Å². The molecule has 2 aromatic carbocycles. The molecule has 0 spiro atoms. The number of aryl methyl sites for hydroxylation is 1. The predicted octanol–water partition coefficient (Wildman–Crippen LogP) is 5.88. The molecule has 4 rings (SSSR count). The molecule has 0 aliphatic heterocycles. The van der Waals surface area contributed by atoms with Crippen LogP contribution in [-0.2, 0) is 20.9 Å². The van der Waals surface area contributed by atoms with Gasteiger partial charge in [-0.3, -0.25) is 18.8 Å². The third kappa shape index (κ3) is 8.99. The number of anilines is 1. The van der Waals surface area contributed by atoms with E-state index < -0.39 is 11.8 Å². The zero-order valence-electron chi connectivity index (χ0n) is 24.6. The summed E-state index contributed by atoms with van der Waals surface area (Å²) in [6.07, 6.45) is 4.77. The van der Waals surface area contributed by atoms with Gasteiger partial charge in [0.25, 0.3) is 5.91 Å². The van der Waals surface area contributed by atoms with Crippen LogP contribution in [0.25, 0.3) is 11.7 Å². The number of pyridine rings is 1. The van der Waals surface area contributed by atoms with Gasteiger partial charge in [-0.15, -0.1) is 12.4 Å². The minimum absolute atomic E-state index is 0.